The minimum atomic E-state index is 0.194. The molecule has 2 aromatic heterocycles. The Bertz CT molecular complexity index is 656. The zero-order chi connectivity index (χ0) is 17.6. The third kappa shape index (κ3) is 4.50. The van der Waals surface area contributed by atoms with Gasteiger partial charge in [-0.2, -0.15) is 0 Å². The van der Waals surface area contributed by atoms with Crippen molar-refractivity contribution < 1.29 is 9.21 Å². The van der Waals surface area contributed by atoms with E-state index in [2.05, 4.69) is 29.5 Å². The molecule has 0 atom stereocenters. The monoisotopic (exact) mass is 361 g/mol. The van der Waals surface area contributed by atoms with Crippen LogP contribution in [0.4, 0.5) is 0 Å². The number of hydrogen-bond donors (Lipinski definition) is 1. The summed E-state index contributed by atoms with van der Waals surface area (Å²) in [4.78, 5) is 19.1. The molecule has 1 aliphatic rings. The predicted molar refractivity (Wildman–Crippen MR) is 100 cm³/mol. The number of furan rings is 1. The summed E-state index contributed by atoms with van der Waals surface area (Å²) in [7, 11) is 0. The van der Waals surface area contributed by atoms with E-state index >= 15 is 0 Å². The van der Waals surface area contributed by atoms with E-state index in [4.69, 9.17) is 4.42 Å². The second-order valence-corrected chi connectivity index (χ2v) is 7.47. The first kappa shape index (κ1) is 18.1. The summed E-state index contributed by atoms with van der Waals surface area (Å²) >= 11 is 1.61. The van der Waals surface area contributed by atoms with Gasteiger partial charge in [0, 0.05) is 37.0 Å². The summed E-state index contributed by atoms with van der Waals surface area (Å²) in [6, 6.07) is 4.27. The predicted octanol–water partition coefficient (Wildman–Crippen LogP) is 3.92. The number of piperidine rings is 1. The topological polar surface area (TPSA) is 58.4 Å². The number of carbonyl (C=O) groups is 1. The van der Waals surface area contributed by atoms with Gasteiger partial charge in [0.25, 0.3) is 0 Å². The van der Waals surface area contributed by atoms with Crippen LogP contribution in [0.5, 0.6) is 0 Å². The summed E-state index contributed by atoms with van der Waals surface area (Å²) in [5, 5.41) is 6.59. The number of aromatic nitrogens is 1. The molecular weight excluding hydrogens is 334 g/mol. The highest BCUT2D eigenvalue weighted by molar-refractivity contribution is 7.13. The van der Waals surface area contributed by atoms with Crippen LogP contribution in [0, 0.1) is 5.92 Å². The van der Waals surface area contributed by atoms with Crippen molar-refractivity contribution in [3.63, 3.8) is 0 Å². The van der Waals surface area contributed by atoms with E-state index in [1.807, 2.05) is 17.0 Å². The summed E-state index contributed by atoms with van der Waals surface area (Å²) in [6.07, 6.45) is 5.58. The van der Waals surface area contributed by atoms with Crippen LogP contribution in [0.1, 0.15) is 45.2 Å². The molecule has 0 unspecified atom stereocenters. The van der Waals surface area contributed by atoms with Gasteiger partial charge in [-0.05, 0) is 37.8 Å². The zero-order valence-corrected chi connectivity index (χ0v) is 15.8. The van der Waals surface area contributed by atoms with Gasteiger partial charge in [-0.1, -0.05) is 13.8 Å². The highest BCUT2D eigenvalue weighted by atomic mass is 32.1. The molecule has 0 spiro atoms. The standard InChI is InChI=1S/C19H27N3O2S/c1-3-14(4-2)19(23)22-9-7-15(8-10-22)20-12-16-13-25-18(21-16)17-6-5-11-24-17/h5-6,11,13-15,20H,3-4,7-10,12H2,1-2H3. The molecule has 1 fully saturated rings. The number of hydrogen-bond acceptors (Lipinski definition) is 5. The maximum absolute atomic E-state index is 12.4. The van der Waals surface area contributed by atoms with Gasteiger partial charge in [-0.15, -0.1) is 11.3 Å². The van der Waals surface area contributed by atoms with Gasteiger partial charge in [0.1, 0.15) is 0 Å². The fourth-order valence-electron chi connectivity index (χ4n) is 3.35. The van der Waals surface area contributed by atoms with E-state index in [0.717, 1.165) is 61.8 Å². The average molecular weight is 362 g/mol. The molecular formula is C19H27N3O2S. The number of nitrogens with zero attached hydrogens (tertiary/aromatic N) is 2. The second-order valence-electron chi connectivity index (χ2n) is 6.62. The lowest BCUT2D eigenvalue weighted by atomic mass is 9.98. The third-order valence-corrected chi connectivity index (χ3v) is 5.90. The lowest BCUT2D eigenvalue weighted by molar-refractivity contribution is -0.136. The first-order valence-electron chi connectivity index (χ1n) is 9.21. The summed E-state index contributed by atoms with van der Waals surface area (Å²) < 4.78 is 5.39. The summed E-state index contributed by atoms with van der Waals surface area (Å²) in [5.74, 6) is 1.36. The summed E-state index contributed by atoms with van der Waals surface area (Å²) in [6.45, 7) is 6.70. The zero-order valence-electron chi connectivity index (χ0n) is 15.0. The Morgan fingerprint density at radius 3 is 2.80 bits per heavy atom. The maximum Gasteiger partial charge on any atom is 0.225 e. The Hall–Kier alpha value is -1.66. The molecule has 6 heteroatoms. The van der Waals surface area contributed by atoms with E-state index < -0.39 is 0 Å². The number of likely N-dealkylation sites (tertiary alicyclic amines) is 1. The quantitative estimate of drug-likeness (QED) is 0.812. The van der Waals surface area contributed by atoms with Crippen LogP contribution >= 0.6 is 11.3 Å². The van der Waals surface area contributed by atoms with Crippen molar-refractivity contribution in [1.29, 1.82) is 0 Å². The van der Waals surface area contributed by atoms with Crippen LogP contribution in [0.25, 0.3) is 10.8 Å². The normalized spacial score (nSPS) is 15.9. The Balaban J connectivity index is 1.44. The fraction of sp³-hybridized carbons (Fsp3) is 0.579. The highest BCUT2D eigenvalue weighted by Gasteiger charge is 2.26. The molecule has 1 amide bonds. The second kappa shape index (κ2) is 8.63. The number of amides is 1. The maximum atomic E-state index is 12.4. The van der Waals surface area contributed by atoms with Crippen LogP contribution < -0.4 is 5.32 Å². The minimum Gasteiger partial charge on any atom is -0.462 e. The molecule has 3 heterocycles. The molecule has 0 bridgehead atoms. The van der Waals surface area contributed by atoms with Gasteiger partial charge in [0.15, 0.2) is 10.8 Å². The van der Waals surface area contributed by atoms with Crippen molar-refractivity contribution in [2.45, 2.75) is 52.1 Å². The van der Waals surface area contributed by atoms with Gasteiger partial charge in [-0.25, -0.2) is 4.98 Å². The highest BCUT2D eigenvalue weighted by Crippen LogP contribution is 2.24. The molecule has 1 saturated heterocycles. The van der Waals surface area contributed by atoms with E-state index in [1.165, 1.54) is 0 Å². The average Bonchev–Trinajstić information content (AvgIpc) is 3.33. The van der Waals surface area contributed by atoms with Gasteiger partial charge in [0.2, 0.25) is 5.91 Å². The molecule has 0 radical (unpaired) electrons. The number of nitrogens with one attached hydrogen (secondary N) is 1. The molecule has 1 N–H and O–H groups in total. The SMILES string of the molecule is CCC(CC)C(=O)N1CCC(NCc2csc(-c3ccco3)n2)CC1. The van der Waals surface area contributed by atoms with Gasteiger partial charge >= 0.3 is 0 Å². The Morgan fingerprint density at radius 1 is 1.40 bits per heavy atom. The van der Waals surface area contributed by atoms with Gasteiger partial charge < -0.3 is 14.6 Å². The molecule has 136 valence electrons. The van der Waals surface area contributed by atoms with Gasteiger partial charge in [-0.3, -0.25) is 4.79 Å². The van der Waals surface area contributed by atoms with Crippen molar-refractivity contribution in [3.8, 4) is 10.8 Å². The van der Waals surface area contributed by atoms with Crippen molar-refractivity contribution in [2.75, 3.05) is 13.1 Å². The van der Waals surface area contributed by atoms with Crippen LogP contribution in [0.15, 0.2) is 28.2 Å². The van der Waals surface area contributed by atoms with Crippen molar-refractivity contribution in [1.82, 2.24) is 15.2 Å². The van der Waals surface area contributed by atoms with E-state index in [9.17, 15) is 4.79 Å². The first-order chi connectivity index (χ1) is 12.2. The number of thiazole rings is 1. The minimum absolute atomic E-state index is 0.194. The Kier molecular flexibility index (Phi) is 6.26. The molecule has 3 rings (SSSR count). The Labute approximate surface area is 153 Å². The van der Waals surface area contributed by atoms with Crippen LogP contribution in [0.3, 0.4) is 0 Å². The van der Waals surface area contributed by atoms with Gasteiger partial charge in [0.05, 0.1) is 12.0 Å². The van der Waals surface area contributed by atoms with E-state index in [1.54, 1.807) is 17.6 Å². The van der Waals surface area contributed by atoms with Crippen molar-refractivity contribution >= 4 is 17.2 Å². The summed E-state index contributed by atoms with van der Waals surface area (Å²) in [5.41, 5.74) is 1.05. The first-order valence-corrected chi connectivity index (χ1v) is 10.1. The lowest BCUT2D eigenvalue weighted by Gasteiger charge is -2.34. The number of rotatable bonds is 7. The Morgan fingerprint density at radius 2 is 2.16 bits per heavy atom. The lowest BCUT2D eigenvalue weighted by Crippen LogP contribution is -2.46. The molecule has 0 aromatic carbocycles. The molecule has 1 aliphatic heterocycles. The molecule has 2 aromatic rings. The molecule has 0 saturated carbocycles. The van der Waals surface area contributed by atoms with Crippen LogP contribution in [-0.4, -0.2) is 34.9 Å². The third-order valence-electron chi connectivity index (χ3n) is 5.00. The number of carbonyl (C=O) groups excluding carboxylic acids is 1. The van der Waals surface area contributed by atoms with Crippen molar-refractivity contribution in [3.05, 3.63) is 29.5 Å². The fourth-order valence-corrected chi connectivity index (χ4v) is 4.14. The van der Waals surface area contributed by atoms with E-state index in [-0.39, 0.29) is 5.92 Å². The van der Waals surface area contributed by atoms with Crippen molar-refractivity contribution in [2.24, 2.45) is 5.92 Å². The smallest absolute Gasteiger partial charge is 0.225 e. The van der Waals surface area contributed by atoms with E-state index in [0.29, 0.717) is 11.9 Å². The van der Waals surface area contributed by atoms with Crippen LogP contribution in [-0.2, 0) is 11.3 Å². The molecule has 5 nitrogen and oxygen atoms in total. The molecule has 0 aliphatic carbocycles. The largest absolute Gasteiger partial charge is 0.462 e. The molecule has 25 heavy (non-hydrogen) atoms. The van der Waals surface area contributed by atoms with Crippen LogP contribution in [0.2, 0.25) is 0 Å².